The van der Waals surface area contributed by atoms with Gasteiger partial charge in [-0.2, -0.15) is 5.10 Å². The highest BCUT2D eigenvalue weighted by Crippen LogP contribution is 2.18. The van der Waals surface area contributed by atoms with Gasteiger partial charge in [0.2, 0.25) is 0 Å². The van der Waals surface area contributed by atoms with Crippen LogP contribution in [-0.4, -0.2) is 25.8 Å². The first-order valence-corrected chi connectivity index (χ1v) is 6.66. The van der Waals surface area contributed by atoms with Gasteiger partial charge in [-0.1, -0.05) is 11.6 Å². The Kier molecular flexibility index (Phi) is 3.17. The maximum Gasteiger partial charge on any atom is 0.336 e. The lowest BCUT2D eigenvalue weighted by atomic mass is 10.1. The second kappa shape index (κ2) is 5.01. The van der Waals surface area contributed by atoms with E-state index < -0.39 is 5.97 Å². The van der Waals surface area contributed by atoms with Crippen LogP contribution in [-0.2, 0) is 6.54 Å². The standard InChI is InChI=1S/C16H15N3O2/c1-10-3-4-15-12(7-10)8-18-19(15)9-14-11(2)13(16(20)21)5-6-17-14/h3-8H,9H2,1-2H3,(H,20,21). The first kappa shape index (κ1) is 13.3. The fourth-order valence-corrected chi connectivity index (χ4v) is 2.44. The summed E-state index contributed by atoms with van der Waals surface area (Å²) in [5, 5.41) is 14.6. The summed E-state index contributed by atoms with van der Waals surface area (Å²) in [6.45, 7) is 4.28. The molecule has 2 aromatic heterocycles. The number of aryl methyl sites for hydroxylation is 1. The summed E-state index contributed by atoms with van der Waals surface area (Å²) < 4.78 is 1.84. The van der Waals surface area contributed by atoms with Crippen LogP contribution in [0.2, 0.25) is 0 Å². The Morgan fingerprint density at radius 1 is 1.29 bits per heavy atom. The number of carboxylic acids is 1. The van der Waals surface area contributed by atoms with Crippen molar-refractivity contribution in [1.29, 1.82) is 0 Å². The predicted molar refractivity (Wildman–Crippen MR) is 79.5 cm³/mol. The fourth-order valence-electron chi connectivity index (χ4n) is 2.44. The summed E-state index contributed by atoms with van der Waals surface area (Å²) >= 11 is 0. The molecule has 3 rings (SSSR count). The Balaban J connectivity index is 2.03. The third-order valence-electron chi connectivity index (χ3n) is 3.64. The minimum absolute atomic E-state index is 0.285. The number of nitrogens with zero attached hydrogens (tertiary/aromatic N) is 3. The summed E-state index contributed by atoms with van der Waals surface area (Å²) in [4.78, 5) is 15.5. The maximum atomic E-state index is 11.2. The molecule has 0 aliphatic carbocycles. The van der Waals surface area contributed by atoms with Gasteiger partial charge >= 0.3 is 5.97 Å². The van der Waals surface area contributed by atoms with Gasteiger partial charge in [-0.15, -0.1) is 0 Å². The molecule has 1 N–H and O–H groups in total. The lowest BCUT2D eigenvalue weighted by molar-refractivity contribution is 0.0695. The molecule has 0 spiro atoms. The summed E-state index contributed by atoms with van der Waals surface area (Å²) in [6.07, 6.45) is 3.35. The highest BCUT2D eigenvalue weighted by molar-refractivity contribution is 5.89. The molecule has 3 aromatic rings. The molecular weight excluding hydrogens is 266 g/mol. The molecule has 0 amide bonds. The van der Waals surface area contributed by atoms with Crippen molar-refractivity contribution in [1.82, 2.24) is 14.8 Å². The van der Waals surface area contributed by atoms with Crippen molar-refractivity contribution in [3.63, 3.8) is 0 Å². The van der Waals surface area contributed by atoms with Gasteiger partial charge in [0.25, 0.3) is 0 Å². The van der Waals surface area contributed by atoms with Crippen LogP contribution in [0, 0.1) is 13.8 Å². The van der Waals surface area contributed by atoms with E-state index in [0.29, 0.717) is 12.1 Å². The van der Waals surface area contributed by atoms with Gasteiger partial charge in [0, 0.05) is 11.6 Å². The Labute approximate surface area is 121 Å². The number of rotatable bonds is 3. The van der Waals surface area contributed by atoms with Crippen LogP contribution in [0.4, 0.5) is 0 Å². The average Bonchev–Trinajstić information content (AvgIpc) is 2.83. The van der Waals surface area contributed by atoms with E-state index >= 15 is 0 Å². The highest BCUT2D eigenvalue weighted by atomic mass is 16.4. The number of fused-ring (bicyclic) bond motifs is 1. The predicted octanol–water partition coefficient (Wildman–Crippen LogP) is 2.79. The normalized spacial score (nSPS) is 11.0. The number of hydrogen-bond donors (Lipinski definition) is 1. The van der Waals surface area contributed by atoms with Crippen LogP contribution in [0.15, 0.2) is 36.7 Å². The first-order valence-electron chi connectivity index (χ1n) is 6.66. The summed E-state index contributed by atoms with van der Waals surface area (Å²) in [7, 11) is 0. The van der Waals surface area contributed by atoms with E-state index in [0.717, 1.165) is 16.6 Å². The Morgan fingerprint density at radius 3 is 2.86 bits per heavy atom. The van der Waals surface area contributed by atoms with E-state index in [4.69, 9.17) is 5.11 Å². The van der Waals surface area contributed by atoms with E-state index in [1.165, 1.54) is 17.8 Å². The lowest BCUT2D eigenvalue weighted by Gasteiger charge is -2.08. The molecule has 0 aliphatic rings. The van der Waals surface area contributed by atoms with Crippen molar-refractivity contribution >= 4 is 16.9 Å². The van der Waals surface area contributed by atoms with E-state index in [-0.39, 0.29) is 5.56 Å². The van der Waals surface area contributed by atoms with E-state index in [1.807, 2.05) is 29.9 Å². The number of aromatic carboxylic acids is 1. The number of carbonyl (C=O) groups is 1. The highest BCUT2D eigenvalue weighted by Gasteiger charge is 2.12. The molecule has 0 atom stereocenters. The molecule has 21 heavy (non-hydrogen) atoms. The Morgan fingerprint density at radius 2 is 2.10 bits per heavy atom. The summed E-state index contributed by atoms with van der Waals surface area (Å²) in [6, 6.07) is 7.65. The molecule has 0 unspecified atom stereocenters. The van der Waals surface area contributed by atoms with Crippen LogP contribution >= 0.6 is 0 Å². The lowest BCUT2D eigenvalue weighted by Crippen LogP contribution is -2.09. The van der Waals surface area contributed by atoms with Crippen LogP contribution < -0.4 is 0 Å². The Hall–Kier alpha value is -2.69. The van der Waals surface area contributed by atoms with Crippen LogP contribution in [0.3, 0.4) is 0 Å². The van der Waals surface area contributed by atoms with Crippen molar-refractivity contribution in [2.45, 2.75) is 20.4 Å². The molecule has 2 heterocycles. The molecule has 106 valence electrons. The largest absolute Gasteiger partial charge is 0.478 e. The third-order valence-corrected chi connectivity index (χ3v) is 3.64. The molecular formula is C16H15N3O2. The molecule has 1 aromatic carbocycles. The SMILES string of the molecule is Cc1ccc2c(cnn2Cc2nccc(C(=O)O)c2C)c1. The number of carboxylic acid groups (broad SMARTS) is 1. The van der Waals surface area contributed by atoms with Crippen molar-refractivity contribution in [3.05, 3.63) is 59.0 Å². The number of benzene rings is 1. The zero-order valence-electron chi connectivity index (χ0n) is 11.9. The molecule has 5 nitrogen and oxygen atoms in total. The second-order valence-corrected chi connectivity index (χ2v) is 5.10. The third kappa shape index (κ3) is 2.38. The van der Waals surface area contributed by atoms with Gasteiger partial charge in [0.05, 0.1) is 29.5 Å². The monoisotopic (exact) mass is 281 g/mol. The van der Waals surface area contributed by atoms with Crippen molar-refractivity contribution in [2.24, 2.45) is 0 Å². The molecule has 5 heteroatoms. The average molecular weight is 281 g/mol. The van der Waals surface area contributed by atoms with Crippen LogP contribution in [0.25, 0.3) is 10.9 Å². The van der Waals surface area contributed by atoms with Gasteiger partial charge in [-0.3, -0.25) is 9.67 Å². The zero-order valence-corrected chi connectivity index (χ0v) is 11.9. The molecule has 0 aliphatic heterocycles. The Bertz CT molecular complexity index is 837. The number of aromatic nitrogens is 3. The first-order chi connectivity index (χ1) is 10.1. The minimum Gasteiger partial charge on any atom is -0.478 e. The molecule has 0 saturated heterocycles. The molecule has 0 radical (unpaired) electrons. The maximum absolute atomic E-state index is 11.2. The van der Waals surface area contributed by atoms with Crippen molar-refractivity contribution in [3.8, 4) is 0 Å². The van der Waals surface area contributed by atoms with Crippen LogP contribution in [0.1, 0.15) is 27.2 Å². The number of hydrogen-bond acceptors (Lipinski definition) is 3. The van der Waals surface area contributed by atoms with Crippen LogP contribution in [0.5, 0.6) is 0 Å². The van der Waals surface area contributed by atoms with Gasteiger partial charge < -0.3 is 5.11 Å². The van der Waals surface area contributed by atoms with E-state index in [2.05, 4.69) is 16.1 Å². The molecule has 0 saturated carbocycles. The molecule has 0 bridgehead atoms. The van der Waals surface area contributed by atoms with Gasteiger partial charge in [0.1, 0.15) is 0 Å². The fraction of sp³-hybridized carbons (Fsp3) is 0.188. The van der Waals surface area contributed by atoms with Gasteiger partial charge in [0.15, 0.2) is 0 Å². The smallest absolute Gasteiger partial charge is 0.336 e. The number of pyridine rings is 1. The summed E-state index contributed by atoms with van der Waals surface area (Å²) in [5.41, 5.74) is 3.89. The van der Waals surface area contributed by atoms with Gasteiger partial charge in [-0.05, 0) is 37.6 Å². The second-order valence-electron chi connectivity index (χ2n) is 5.10. The quantitative estimate of drug-likeness (QED) is 0.801. The topological polar surface area (TPSA) is 68.0 Å². The van der Waals surface area contributed by atoms with E-state index in [9.17, 15) is 4.79 Å². The van der Waals surface area contributed by atoms with E-state index in [1.54, 1.807) is 6.92 Å². The van der Waals surface area contributed by atoms with Crippen molar-refractivity contribution in [2.75, 3.05) is 0 Å². The minimum atomic E-state index is -0.933. The summed E-state index contributed by atoms with van der Waals surface area (Å²) in [5.74, 6) is -0.933. The molecule has 0 fully saturated rings. The zero-order chi connectivity index (χ0) is 15.0. The van der Waals surface area contributed by atoms with Gasteiger partial charge in [-0.25, -0.2) is 4.79 Å². The van der Waals surface area contributed by atoms with Crippen molar-refractivity contribution < 1.29 is 9.90 Å².